The molecule has 1 aromatic heterocycles. The molecule has 2 aromatic carbocycles. The van der Waals surface area contributed by atoms with Crippen molar-refractivity contribution >= 4 is 56.2 Å². The number of nitrogens with zero attached hydrogens (tertiary/aromatic N) is 2. The molecule has 29 heavy (non-hydrogen) atoms. The van der Waals surface area contributed by atoms with E-state index in [1.54, 1.807) is 36.0 Å². The molecule has 9 heteroatoms. The van der Waals surface area contributed by atoms with E-state index in [2.05, 4.69) is 29.7 Å². The smallest absolute Gasteiger partial charge is 0.273 e. The lowest BCUT2D eigenvalue weighted by molar-refractivity contribution is 0.598. The minimum absolute atomic E-state index is 0.112. The Hall–Kier alpha value is -1.94. The Labute approximate surface area is 180 Å². The van der Waals surface area contributed by atoms with Gasteiger partial charge < -0.3 is 10.7 Å². The fraction of sp³-hybridized carbons (Fsp3) is 0.250. The number of fused-ring (bicyclic) bond motifs is 1. The van der Waals surface area contributed by atoms with Crippen molar-refractivity contribution < 1.29 is 8.42 Å². The van der Waals surface area contributed by atoms with E-state index in [1.165, 1.54) is 0 Å². The molecule has 1 unspecified atom stereocenters. The largest absolute Gasteiger partial charge is 0.351 e. The number of thioether (sulfide) groups is 1. The molecule has 3 aromatic rings. The van der Waals surface area contributed by atoms with E-state index in [-0.39, 0.29) is 9.64 Å². The second-order valence-corrected chi connectivity index (χ2v) is 11.4. The summed E-state index contributed by atoms with van der Waals surface area (Å²) in [5, 5.41) is 1.77. The van der Waals surface area contributed by atoms with Gasteiger partial charge in [-0.1, -0.05) is 36.0 Å². The number of aromatic amines is 1. The molecule has 1 aliphatic heterocycles. The van der Waals surface area contributed by atoms with Crippen LogP contribution in [-0.2, 0) is 10.0 Å². The zero-order chi connectivity index (χ0) is 20.8. The predicted molar refractivity (Wildman–Crippen MR) is 125 cm³/mol. The van der Waals surface area contributed by atoms with Crippen LogP contribution in [0.4, 0.5) is 5.69 Å². The van der Waals surface area contributed by atoms with E-state index in [1.807, 2.05) is 31.2 Å². The first-order chi connectivity index (χ1) is 13.7. The standard InChI is InChI=1S/C20H22N4O2S3/c1-13-5-3-7-15(9-13)29(25,26)24(27)17-8-4-6-14-10-16(23-18(14)17)19-22-12-20(2,11-21)28-19/h3-10,23,27H,11-12,21H2,1-2H3. The zero-order valence-electron chi connectivity index (χ0n) is 16.1. The van der Waals surface area contributed by atoms with Gasteiger partial charge in [-0.05, 0) is 56.5 Å². The van der Waals surface area contributed by atoms with Crippen LogP contribution in [0.3, 0.4) is 0 Å². The normalized spacial score (nSPS) is 19.5. The fourth-order valence-corrected chi connectivity index (χ4v) is 5.88. The molecule has 0 radical (unpaired) electrons. The van der Waals surface area contributed by atoms with Crippen LogP contribution in [0.5, 0.6) is 0 Å². The molecule has 0 bridgehead atoms. The number of benzene rings is 2. The number of aryl methyl sites for hydroxylation is 1. The third-order valence-corrected chi connectivity index (χ3v) is 8.61. The molecule has 4 rings (SSSR count). The highest BCUT2D eigenvalue weighted by Gasteiger charge is 2.32. The quantitative estimate of drug-likeness (QED) is 0.521. The van der Waals surface area contributed by atoms with Gasteiger partial charge in [0.05, 0.1) is 33.1 Å². The molecule has 0 fully saturated rings. The topological polar surface area (TPSA) is 91.6 Å². The van der Waals surface area contributed by atoms with Crippen molar-refractivity contribution in [3.05, 3.63) is 59.8 Å². The summed E-state index contributed by atoms with van der Waals surface area (Å²) in [6.45, 7) is 5.14. The zero-order valence-corrected chi connectivity index (χ0v) is 18.6. The molecule has 2 heterocycles. The minimum Gasteiger partial charge on any atom is -0.351 e. The third-order valence-electron chi connectivity index (χ3n) is 4.92. The molecule has 0 aliphatic carbocycles. The van der Waals surface area contributed by atoms with Crippen LogP contribution in [0.2, 0.25) is 0 Å². The highest BCUT2D eigenvalue weighted by molar-refractivity contribution is 8.15. The maximum atomic E-state index is 13.1. The van der Waals surface area contributed by atoms with Crippen molar-refractivity contribution in [2.75, 3.05) is 16.8 Å². The van der Waals surface area contributed by atoms with E-state index in [0.29, 0.717) is 24.3 Å². The summed E-state index contributed by atoms with van der Waals surface area (Å²) in [5.41, 5.74) is 8.75. The van der Waals surface area contributed by atoms with Crippen LogP contribution in [0.15, 0.2) is 58.4 Å². The van der Waals surface area contributed by atoms with E-state index < -0.39 is 10.0 Å². The fourth-order valence-electron chi connectivity index (χ4n) is 3.20. The van der Waals surface area contributed by atoms with Gasteiger partial charge in [-0.2, -0.15) is 0 Å². The molecule has 0 saturated heterocycles. The number of thiol groups is 1. The van der Waals surface area contributed by atoms with Gasteiger partial charge in [0.2, 0.25) is 0 Å². The second kappa shape index (κ2) is 7.39. The molecule has 3 N–H and O–H groups in total. The number of sulfonamides is 1. The van der Waals surface area contributed by atoms with Gasteiger partial charge in [-0.3, -0.25) is 4.99 Å². The minimum atomic E-state index is -3.81. The molecule has 0 amide bonds. The number of H-pyrrole nitrogens is 1. The SMILES string of the molecule is Cc1cccc(S(=O)(=O)N(S)c2cccc3cc(C4=NCC(C)(CN)S4)[nH]c23)c1. The van der Waals surface area contributed by atoms with E-state index in [4.69, 9.17) is 5.73 Å². The first-order valence-corrected chi connectivity index (χ1v) is 11.8. The third kappa shape index (κ3) is 3.68. The summed E-state index contributed by atoms with van der Waals surface area (Å²) in [6.07, 6.45) is 0. The van der Waals surface area contributed by atoms with E-state index >= 15 is 0 Å². The van der Waals surface area contributed by atoms with Crippen molar-refractivity contribution in [2.24, 2.45) is 10.7 Å². The predicted octanol–water partition coefficient (Wildman–Crippen LogP) is 3.73. The molecule has 0 saturated carbocycles. The number of rotatable bonds is 5. The second-order valence-electron chi connectivity index (χ2n) is 7.37. The van der Waals surface area contributed by atoms with Crippen LogP contribution in [-0.4, -0.2) is 36.3 Å². The lowest BCUT2D eigenvalue weighted by atomic mass is 10.2. The summed E-state index contributed by atoms with van der Waals surface area (Å²) in [6, 6.07) is 14.3. The van der Waals surface area contributed by atoms with Crippen LogP contribution in [0.25, 0.3) is 10.9 Å². The number of nitrogens with two attached hydrogens (primary N) is 1. The molecule has 6 nitrogen and oxygen atoms in total. The Morgan fingerprint density at radius 3 is 2.72 bits per heavy atom. The summed E-state index contributed by atoms with van der Waals surface area (Å²) in [7, 11) is -3.81. The summed E-state index contributed by atoms with van der Waals surface area (Å²) in [4.78, 5) is 8.16. The van der Waals surface area contributed by atoms with Crippen molar-refractivity contribution in [1.82, 2.24) is 4.98 Å². The van der Waals surface area contributed by atoms with Gasteiger partial charge in [0.15, 0.2) is 0 Å². The number of para-hydroxylation sites is 1. The van der Waals surface area contributed by atoms with Crippen molar-refractivity contribution in [2.45, 2.75) is 23.5 Å². The summed E-state index contributed by atoms with van der Waals surface area (Å²) in [5.74, 6) is 0. The molecule has 1 atom stereocenters. The molecular formula is C20H22N4O2S3. The van der Waals surface area contributed by atoms with Gasteiger partial charge >= 0.3 is 0 Å². The van der Waals surface area contributed by atoms with Crippen molar-refractivity contribution in [3.63, 3.8) is 0 Å². The first-order valence-electron chi connectivity index (χ1n) is 9.10. The average Bonchev–Trinajstić information content (AvgIpc) is 3.31. The molecule has 1 aliphatic rings. The Balaban J connectivity index is 1.74. The Kier molecular flexibility index (Phi) is 5.18. The Morgan fingerprint density at radius 2 is 2.03 bits per heavy atom. The number of aliphatic imine (C=N–C) groups is 1. The summed E-state index contributed by atoms with van der Waals surface area (Å²) >= 11 is 6.00. The van der Waals surface area contributed by atoms with Gasteiger partial charge in [0.25, 0.3) is 10.0 Å². The molecule has 152 valence electrons. The summed E-state index contributed by atoms with van der Waals surface area (Å²) < 4.78 is 27.1. The van der Waals surface area contributed by atoms with Crippen molar-refractivity contribution in [3.8, 4) is 0 Å². The van der Waals surface area contributed by atoms with Crippen LogP contribution in [0, 0.1) is 6.92 Å². The molecular weight excluding hydrogens is 424 g/mol. The average molecular weight is 447 g/mol. The number of nitrogens with one attached hydrogen (secondary N) is 1. The lowest BCUT2D eigenvalue weighted by Crippen LogP contribution is -2.31. The van der Waals surface area contributed by atoms with E-state index in [0.717, 1.165) is 25.4 Å². The number of anilines is 1. The van der Waals surface area contributed by atoms with Gasteiger partial charge in [0.1, 0.15) is 5.04 Å². The number of hydrogen-bond acceptors (Lipinski definition) is 6. The highest BCUT2D eigenvalue weighted by atomic mass is 32.3. The van der Waals surface area contributed by atoms with Crippen LogP contribution < -0.4 is 9.44 Å². The van der Waals surface area contributed by atoms with E-state index in [9.17, 15) is 8.42 Å². The lowest BCUT2D eigenvalue weighted by Gasteiger charge is -2.19. The maximum absolute atomic E-state index is 13.1. The monoisotopic (exact) mass is 446 g/mol. The highest BCUT2D eigenvalue weighted by Crippen LogP contribution is 2.37. The van der Waals surface area contributed by atoms with Gasteiger partial charge in [-0.25, -0.2) is 12.1 Å². The van der Waals surface area contributed by atoms with Crippen molar-refractivity contribution in [1.29, 1.82) is 0 Å². The van der Waals surface area contributed by atoms with Gasteiger partial charge in [0, 0.05) is 11.9 Å². The Bertz CT molecular complexity index is 1220. The maximum Gasteiger partial charge on any atom is 0.273 e. The van der Waals surface area contributed by atoms with Crippen LogP contribution in [0.1, 0.15) is 18.2 Å². The van der Waals surface area contributed by atoms with Gasteiger partial charge in [-0.15, -0.1) is 0 Å². The first kappa shape index (κ1) is 20.3. The Morgan fingerprint density at radius 1 is 1.28 bits per heavy atom. The number of hydrogen-bond donors (Lipinski definition) is 3. The molecule has 0 spiro atoms. The number of aromatic nitrogens is 1. The van der Waals surface area contributed by atoms with Crippen LogP contribution >= 0.6 is 24.6 Å².